The van der Waals surface area contributed by atoms with Gasteiger partial charge in [-0.25, -0.2) is 9.80 Å². The van der Waals surface area contributed by atoms with Crippen LogP contribution in [0.3, 0.4) is 0 Å². The fraction of sp³-hybridized carbons (Fsp3) is 0.423. The van der Waals surface area contributed by atoms with E-state index in [4.69, 9.17) is 19.3 Å². The molecule has 0 radical (unpaired) electrons. The Balaban J connectivity index is 1.89. The van der Waals surface area contributed by atoms with E-state index in [1.54, 1.807) is 21.3 Å². The second kappa shape index (κ2) is 12.8. The van der Waals surface area contributed by atoms with E-state index in [0.29, 0.717) is 31.9 Å². The molecule has 188 valence electrons. The van der Waals surface area contributed by atoms with Crippen molar-refractivity contribution in [2.24, 2.45) is 5.10 Å². The van der Waals surface area contributed by atoms with Crippen molar-refractivity contribution in [2.75, 3.05) is 47.6 Å². The quantitative estimate of drug-likeness (QED) is 0.530. The SMILES string of the molecule is CCCNC(=O)N(CCOC)CC(=O)N1N=C(c2cccc(OC)c2)C[C@H]1c1ccc(OC)cc1. The molecule has 0 aliphatic carbocycles. The number of hydrogen-bond donors (Lipinski definition) is 1. The van der Waals surface area contributed by atoms with Gasteiger partial charge in [0.25, 0.3) is 5.91 Å². The zero-order chi connectivity index (χ0) is 25.2. The standard InChI is InChI=1S/C26H34N4O5/c1-5-13-27-26(32)29(14-15-33-2)18-25(31)30-24(19-9-11-21(34-3)12-10-19)17-23(28-30)20-7-6-8-22(16-20)35-4/h6-12,16,24H,5,13-15,17-18H2,1-4H3,(H,27,32)/t24-/m0/s1. The van der Waals surface area contributed by atoms with Gasteiger partial charge < -0.3 is 24.4 Å². The largest absolute Gasteiger partial charge is 0.497 e. The molecule has 1 aliphatic heterocycles. The average Bonchev–Trinajstić information content (AvgIpc) is 3.35. The number of hydrogen-bond acceptors (Lipinski definition) is 6. The number of amides is 3. The second-order valence-electron chi connectivity index (χ2n) is 8.16. The van der Waals surface area contributed by atoms with Crippen molar-refractivity contribution in [1.82, 2.24) is 15.2 Å². The second-order valence-corrected chi connectivity index (χ2v) is 8.16. The molecule has 1 aliphatic rings. The van der Waals surface area contributed by atoms with Crippen molar-refractivity contribution in [3.8, 4) is 11.5 Å². The van der Waals surface area contributed by atoms with Crippen molar-refractivity contribution in [3.05, 3.63) is 59.7 Å². The molecule has 2 aromatic rings. The zero-order valence-electron chi connectivity index (χ0n) is 20.8. The highest BCUT2D eigenvalue weighted by Crippen LogP contribution is 2.34. The Kier molecular flexibility index (Phi) is 9.48. The predicted octanol–water partition coefficient (Wildman–Crippen LogP) is 3.45. The topological polar surface area (TPSA) is 92.7 Å². The minimum Gasteiger partial charge on any atom is -0.497 e. The van der Waals surface area contributed by atoms with E-state index in [1.165, 1.54) is 9.91 Å². The molecule has 0 unspecified atom stereocenters. The molecule has 0 spiro atoms. The van der Waals surface area contributed by atoms with E-state index in [2.05, 4.69) is 5.32 Å². The van der Waals surface area contributed by atoms with Gasteiger partial charge in [0.2, 0.25) is 0 Å². The number of rotatable bonds is 11. The molecule has 2 aromatic carbocycles. The van der Waals surface area contributed by atoms with Crippen LogP contribution in [0.4, 0.5) is 4.79 Å². The normalized spacial score (nSPS) is 14.9. The highest BCUT2D eigenvalue weighted by molar-refractivity contribution is 6.03. The molecule has 9 nitrogen and oxygen atoms in total. The van der Waals surface area contributed by atoms with Crippen LogP contribution in [0.2, 0.25) is 0 Å². The lowest BCUT2D eigenvalue weighted by Crippen LogP contribution is -2.47. The molecule has 3 rings (SSSR count). The van der Waals surface area contributed by atoms with Crippen LogP contribution in [0, 0.1) is 0 Å². The lowest BCUT2D eigenvalue weighted by Gasteiger charge is -2.27. The number of methoxy groups -OCH3 is 3. The average molecular weight is 483 g/mol. The van der Waals surface area contributed by atoms with Gasteiger partial charge >= 0.3 is 6.03 Å². The van der Waals surface area contributed by atoms with Gasteiger partial charge in [-0.05, 0) is 36.2 Å². The van der Waals surface area contributed by atoms with Gasteiger partial charge in [-0.15, -0.1) is 0 Å². The molecule has 1 N–H and O–H groups in total. The van der Waals surface area contributed by atoms with E-state index in [0.717, 1.165) is 29.0 Å². The molecule has 0 saturated heterocycles. The van der Waals surface area contributed by atoms with Gasteiger partial charge in [0.15, 0.2) is 0 Å². The minimum atomic E-state index is -0.308. The fourth-order valence-corrected chi connectivity index (χ4v) is 3.84. The van der Waals surface area contributed by atoms with Crippen molar-refractivity contribution in [3.63, 3.8) is 0 Å². The van der Waals surface area contributed by atoms with Gasteiger partial charge in [0, 0.05) is 32.2 Å². The van der Waals surface area contributed by atoms with Crippen LogP contribution in [0.5, 0.6) is 11.5 Å². The highest BCUT2D eigenvalue weighted by Gasteiger charge is 2.34. The molecule has 1 heterocycles. The highest BCUT2D eigenvalue weighted by atomic mass is 16.5. The van der Waals surface area contributed by atoms with Gasteiger partial charge in [-0.3, -0.25) is 4.79 Å². The summed E-state index contributed by atoms with van der Waals surface area (Å²) in [5.74, 6) is 1.18. The smallest absolute Gasteiger partial charge is 0.317 e. The Hall–Kier alpha value is -3.59. The van der Waals surface area contributed by atoms with Gasteiger partial charge in [0.1, 0.15) is 18.0 Å². The Labute approximate surface area is 206 Å². The van der Waals surface area contributed by atoms with Crippen molar-refractivity contribution >= 4 is 17.6 Å². The van der Waals surface area contributed by atoms with Crippen LogP contribution in [0.25, 0.3) is 0 Å². The Morgan fingerprint density at radius 3 is 2.49 bits per heavy atom. The molecule has 0 aromatic heterocycles. The molecule has 9 heteroatoms. The summed E-state index contributed by atoms with van der Waals surface area (Å²) in [7, 11) is 4.79. The number of nitrogens with zero attached hydrogens (tertiary/aromatic N) is 3. The monoisotopic (exact) mass is 482 g/mol. The predicted molar refractivity (Wildman–Crippen MR) is 134 cm³/mol. The summed E-state index contributed by atoms with van der Waals surface area (Å²) in [5, 5.41) is 9.04. The Morgan fingerprint density at radius 2 is 1.83 bits per heavy atom. The van der Waals surface area contributed by atoms with Crippen LogP contribution in [-0.4, -0.2) is 75.1 Å². The first kappa shape index (κ1) is 26.0. The number of urea groups is 1. The van der Waals surface area contributed by atoms with E-state index in [9.17, 15) is 9.59 Å². The third-order valence-electron chi connectivity index (χ3n) is 5.77. The van der Waals surface area contributed by atoms with Gasteiger partial charge in [0.05, 0.1) is 32.6 Å². The summed E-state index contributed by atoms with van der Waals surface area (Å²) in [4.78, 5) is 27.6. The molecule has 35 heavy (non-hydrogen) atoms. The lowest BCUT2D eigenvalue weighted by atomic mass is 9.98. The first-order chi connectivity index (χ1) is 17.0. The number of benzene rings is 2. The fourth-order valence-electron chi connectivity index (χ4n) is 3.84. The number of carbonyl (C=O) groups excluding carboxylic acids is 2. The summed E-state index contributed by atoms with van der Waals surface area (Å²) in [6.07, 6.45) is 1.34. The molecule has 3 amide bonds. The van der Waals surface area contributed by atoms with E-state index < -0.39 is 0 Å². The maximum Gasteiger partial charge on any atom is 0.317 e. The third kappa shape index (κ3) is 6.73. The molecule has 0 saturated carbocycles. The molecule has 1 atom stereocenters. The van der Waals surface area contributed by atoms with Crippen molar-refractivity contribution < 1.29 is 23.8 Å². The molecular weight excluding hydrogens is 448 g/mol. The van der Waals surface area contributed by atoms with Crippen LogP contribution < -0.4 is 14.8 Å². The van der Waals surface area contributed by atoms with Crippen LogP contribution in [0.1, 0.15) is 36.9 Å². The Bertz CT molecular complexity index is 1020. The van der Waals surface area contributed by atoms with Crippen molar-refractivity contribution in [1.29, 1.82) is 0 Å². The molecule has 0 fully saturated rings. The number of ether oxygens (including phenoxy) is 3. The summed E-state index contributed by atoms with van der Waals surface area (Å²) >= 11 is 0. The van der Waals surface area contributed by atoms with E-state index in [1.807, 2.05) is 55.5 Å². The van der Waals surface area contributed by atoms with Gasteiger partial charge in [-0.1, -0.05) is 31.2 Å². The van der Waals surface area contributed by atoms with E-state index in [-0.39, 0.29) is 24.5 Å². The first-order valence-corrected chi connectivity index (χ1v) is 11.7. The van der Waals surface area contributed by atoms with Crippen LogP contribution in [-0.2, 0) is 9.53 Å². The first-order valence-electron chi connectivity index (χ1n) is 11.7. The summed E-state index contributed by atoms with van der Waals surface area (Å²) < 4.78 is 15.8. The number of carbonyl (C=O) groups is 2. The third-order valence-corrected chi connectivity index (χ3v) is 5.77. The summed E-state index contributed by atoms with van der Waals surface area (Å²) in [5.41, 5.74) is 2.59. The maximum absolute atomic E-state index is 13.5. The van der Waals surface area contributed by atoms with Gasteiger partial charge in [-0.2, -0.15) is 5.10 Å². The molecular formula is C26H34N4O5. The molecule has 0 bridgehead atoms. The minimum absolute atomic E-state index is 0.111. The summed E-state index contributed by atoms with van der Waals surface area (Å²) in [6, 6.07) is 14.6. The number of nitrogens with one attached hydrogen (secondary N) is 1. The summed E-state index contributed by atoms with van der Waals surface area (Å²) in [6.45, 7) is 3.02. The number of hydrazone groups is 1. The maximum atomic E-state index is 13.5. The zero-order valence-corrected chi connectivity index (χ0v) is 20.8. The lowest BCUT2D eigenvalue weighted by molar-refractivity contribution is -0.133. The van der Waals surface area contributed by atoms with Crippen LogP contribution >= 0.6 is 0 Å². The van der Waals surface area contributed by atoms with E-state index >= 15 is 0 Å². The Morgan fingerprint density at radius 1 is 1.09 bits per heavy atom. The van der Waals surface area contributed by atoms with Crippen molar-refractivity contribution in [2.45, 2.75) is 25.8 Å². The van der Waals surface area contributed by atoms with Crippen LogP contribution in [0.15, 0.2) is 53.6 Å².